The van der Waals surface area contributed by atoms with Crippen LogP contribution in [0.3, 0.4) is 0 Å². The van der Waals surface area contributed by atoms with Crippen molar-refractivity contribution in [2.45, 2.75) is 69.7 Å². The van der Waals surface area contributed by atoms with E-state index in [-0.39, 0.29) is 43.0 Å². The van der Waals surface area contributed by atoms with Gasteiger partial charge in [0.1, 0.15) is 11.6 Å². The highest BCUT2D eigenvalue weighted by molar-refractivity contribution is 6.02. The number of carbonyl (C=O) groups is 3. The lowest BCUT2D eigenvalue weighted by atomic mass is 9.70. The predicted octanol–water partition coefficient (Wildman–Crippen LogP) is 1.69. The summed E-state index contributed by atoms with van der Waals surface area (Å²) in [5.74, 6) is -2.04. The van der Waals surface area contributed by atoms with Crippen LogP contribution in [0.2, 0.25) is 0 Å². The lowest BCUT2D eigenvalue weighted by molar-refractivity contribution is -0.141. The lowest BCUT2D eigenvalue weighted by Gasteiger charge is -2.34. The van der Waals surface area contributed by atoms with Crippen molar-refractivity contribution >= 4 is 23.4 Å². The minimum atomic E-state index is -0.994. The van der Waals surface area contributed by atoms with Crippen LogP contribution >= 0.6 is 0 Å². The van der Waals surface area contributed by atoms with Gasteiger partial charge < -0.3 is 25.4 Å². The highest BCUT2D eigenvalue weighted by Crippen LogP contribution is 2.58. The van der Waals surface area contributed by atoms with E-state index in [9.17, 15) is 19.5 Å². The maximum atomic E-state index is 13.6. The lowest BCUT2D eigenvalue weighted by Crippen LogP contribution is -2.56. The second-order valence-electron chi connectivity index (χ2n) is 9.22. The number of aliphatic hydroxyl groups excluding tert-OH is 1. The molecule has 1 aromatic rings. The molecule has 3 aliphatic heterocycles. The summed E-state index contributed by atoms with van der Waals surface area (Å²) in [6.45, 7) is 4.19. The fourth-order valence-electron chi connectivity index (χ4n) is 5.81. The van der Waals surface area contributed by atoms with E-state index < -0.39 is 23.5 Å². The number of carbonyl (C=O) groups excluding carboxylic acids is 3. The van der Waals surface area contributed by atoms with Crippen LogP contribution in [0.15, 0.2) is 30.3 Å². The zero-order valence-corrected chi connectivity index (χ0v) is 18.8. The summed E-state index contributed by atoms with van der Waals surface area (Å²) in [5.41, 5.74) is -0.328. The highest BCUT2D eigenvalue weighted by atomic mass is 16.5. The molecular formula is C24H33N3O5. The van der Waals surface area contributed by atoms with Crippen molar-refractivity contribution in [2.75, 3.05) is 18.5 Å². The van der Waals surface area contributed by atoms with Gasteiger partial charge in [-0.2, -0.15) is 0 Å². The first kappa shape index (κ1) is 22.7. The van der Waals surface area contributed by atoms with Crippen molar-refractivity contribution in [1.29, 1.82) is 0 Å². The molecule has 1 spiro atoms. The van der Waals surface area contributed by atoms with E-state index >= 15 is 0 Å². The average molecular weight is 444 g/mol. The van der Waals surface area contributed by atoms with E-state index in [0.29, 0.717) is 24.9 Å². The monoisotopic (exact) mass is 443 g/mol. The Morgan fingerprint density at radius 1 is 1.28 bits per heavy atom. The Kier molecular flexibility index (Phi) is 6.53. The molecule has 0 aromatic heterocycles. The SMILES string of the molecule is CCCC(C)NC(=O)C1N(CCCO)C(=O)[C@@H]2[C@@H](C(=O)Nc3ccccc3)[C@H]3CCC12O3. The Balaban J connectivity index is 1.62. The van der Waals surface area contributed by atoms with Crippen LogP contribution in [0.1, 0.15) is 46.0 Å². The fraction of sp³-hybridized carbons (Fsp3) is 0.625. The van der Waals surface area contributed by atoms with E-state index in [1.165, 1.54) is 0 Å². The first-order valence-electron chi connectivity index (χ1n) is 11.7. The van der Waals surface area contributed by atoms with Crippen LogP contribution in [0.4, 0.5) is 5.69 Å². The second kappa shape index (κ2) is 9.19. The smallest absolute Gasteiger partial charge is 0.246 e. The van der Waals surface area contributed by atoms with Crippen molar-refractivity contribution in [2.24, 2.45) is 11.8 Å². The van der Waals surface area contributed by atoms with Crippen LogP contribution in [-0.2, 0) is 19.1 Å². The van der Waals surface area contributed by atoms with Gasteiger partial charge in [0.2, 0.25) is 17.7 Å². The van der Waals surface area contributed by atoms with Gasteiger partial charge in [-0.15, -0.1) is 0 Å². The normalized spacial score (nSPS) is 31.5. The third-order valence-electron chi connectivity index (χ3n) is 7.06. The van der Waals surface area contributed by atoms with E-state index in [0.717, 1.165) is 12.8 Å². The first-order chi connectivity index (χ1) is 15.4. The highest BCUT2D eigenvalue weighted by Gasteiger charge is 2.74. The maximum absolute atomic E-state index is 13.6. The van der Waals surface area contributed by atoms with Gasteiger partial charge in [0, 0.05) is 24.9 Å². The fourth-order valence-corrected chi connectivity index (χ4v) is 5.81. The molecular weight excluding hydrogens is 410 g/mol. The summed E-state index contributed by atoms with van der Waals surface area (Å²) in [7, 11) is 0. The van der Waals surface area contributed by atoms with Crippen molar-refractivity contribution in [1.82, 2.24) is 10.2 Å². The summed E-state index contributed by atoms with van der Waals surface area (Å²) in [5, 5.41) is 15.3. The molecule has 4 rings (SSSR count). The Morgan fingerprint density at radius 2 is 2.03 bits per heavy atom. The zero-order valence-electron chi connectivity index (χ0n) is 18.8. The summed E-state index contributed by atoms with van der Waals surface area (Å²) in [6.07, 6.45) is 2.97. The molecule has 2 bridgehead atoms. The Hall–Kier alpha value is -2.45. The van der Waals surface area contributed by atoms with Crippen molar-refractivity contribution in [3.05, 3.63) is 30.3 Å². The molecule has 3 saturated heterocycles. The minimum Gasteiger partial charge on any atom is -0.396 e. The van der Waals surface area contributed by atoms with Gasteiger partial charge >= 0.3 is 0 Å². The largest absolute Gasteiger partial charge is 0.396 e. The number of benzene rings is 1. The molecule has 8 nitrogen and oxygen atoms in total. The molecule has 3 N–H and O–H groups in total. The Morgan fingerprint density at radius 3 is 2.72 bits per heavy atom. The third-order valence-corrected chi connectivity index (χ3v) is 7.06. The Bertz CT molecular complexity index is 862. The second-order valence-corrected chi connectivity index (χ2v) is 9.22. The standard InChI is InChI=1S/C24H33N3O5/c1-3-8-15(2)25-22(30)20-24-12-11-17(32-24)18(19(24)23(31)27(20)13-7-14-28)21(29)26-16-9-5-4-6-10-16/h4-6,9-10,15,17-20,28H,3,7-8,11-14H2,1-2H3,(H,25,30)(H,26,29)/t15?,17-,18+,19+,20?,24?/m1/s1. The number of nitrogens with one attached hydrogen (secondary N) is 2. The first-order valence-corrected chi connectivity index (χ1v) is 11.7. The van der Waals surface area contributed by atoms with Crippen LogP contribution in [0.25, 0.3) is 0 Å². The molecule has 3 unspecified atom stereocenters. The van der Waals surface area contributed by atoms with Crippen molar-refractivity contribution in [3.63, 3.8) is 0 Å². The minimum absolute atomic E-state index is 0.0199. The third kappa shape index (κ3) is 3.79. The summed E-state index contributed by atoms with van der Waals surface area (Å²) in [6, 6.07) is 8.34. The number of anilines is 1. The predicted molar refractivity (Wildman–Crippen MR) is 119 cm³/mol. The molecule has 3 heterocycles. The summed E-state index contributed by atoms with van der Waals surface area (Å²) < 4.78 is 6.36. The number of para-hydroxylation sites is 1. The number of likely N-dealkylation sites (tertiary alicyclic amines) is 1. The number of nitrogens with zero attached hydrogens (tertiary/aromatic N) is 1. The van der Waals surface area contributed by atoms with Gasteiger partial charge in [-0.05, 0) is 44.7 Å². The molecule has 174 valence electrons. The van der Waals surface area contributed by atoms with Crippen LogP contribution < -0.4 is 10.6 Å². The number of rotatable bonds is 9. The quantitative estimate of drug-likeness (QED) is 0.538. The molecule has 0 aliphatic carbocycles. The molecule has 3 fully saturated rings. The van der Waals surface area contributed by atoms with Gasteiger partial charge in [-0.3, -0.25) is 14.4 Å². The average Bonchev–Trinajstić information content (AvgIpc) is 3.40. The van der Waals surface area contributed by atoms with E-state index in [1.54, 1.807) is 17.0 Å². The maximum Gasteiger partial charge on any atom is 0.246 e. The summed E-state index contributed by atoms with van der Waals surface area (Å²) >= 11 is 0. The molecule has 0 saturated carbocycles. The number of fused-ring (bicyclic) bond motifs is 1. The molecule has 32 heavy (non-hydrogen) atoms. The van der Waals surface area contributed by atoms with Crippen molar-refractivity contribution in [3.8, 4) is 0 Å². The van der Waals surface area contributed by atoms with Crippen LogP contribution in [0.5, 0.6) is 0 Å². The number of amides is 3. The van der Waals surface area contributed by atoms with Gasteiger partial charge in [0.25, 0.3) is 0 Å². The number of hydrogen-bond donors (Lipinski definition) is 3. The number of ether oxygens (including phenoxy) is 1. The van der Waals surface area contributed by atoms with Crippen LogP contribution in [0, 0.1) is 11.8 Å². The molecule has 0 radical (unpaired) electrons. The van der Waals surface area contributed by atoms with E-state index in [1.807, 2.05) is 25.1 Å². The topological polar surface area (TPSA) is 108 Å². The van der Waals surface area contributed by atoms with Crippen LogP contribution in [-0.4, -0.2) is 64.7 Å². The number of aliphatic hydroxyl groups is 1. The molecule has 3 aliphatic rings. The van der Waals surface area contributed by atoms with Gasteiger partial charge in [0.15, 0.2) is 0 Å². The molecule has 1 aromatic carbocycles. The van der Waals surface area contributed by atoms with Gasteiger partial charge in [0.05, 0.1) is 17.9 Å². The zero-order chi connectivity index (χ0) is 22.9. The molecule has 3 amide bonds. The van der Waals surface area contributed by atoms with Gasteiger partial charge in [-0.25, -0.2) is 0 Å². The molecule has 6 atom stereocenters. The molecule has 8 heteroatoms. The van der Waals surface area contributed by atoms with E-state index in [4.69, 9.17) is 4.74 Å². The number of hydrogen-bond acceptors (Lipinski definition) is 5. The summed E-state index contributed by atoms with van der Waals surface area (Å²) in [4.78, 5) is 41.8. The van der Waals surface area contributed by atoms with E-state index in [2.05, 4.69) is 17.6 Å². The van der Waals surface area contributed by atoms with Crippen molar-refractivity contribution < 1.29 is 24.2 Å². The van der Waals surface area contributed by atoms with Gasteiger partial charge in [-0.1, -0.05) is 31.5 Å². The Labute approximate surface area is 188 Å².